The van der Waals surface area contributed by atoms with Crippen molar-refractivity contribution in [1.29, 1.82) is 0 Å². The highest BCUT2D eigenvalue weighted by Crippen LogP contribution is 2.28. The van der Waals surface area contributed by atoms with Crippen molar-refractivity contribution in [2.45, 2.75) is 33.1 Å². The molecule has 0 bridgehead atoms. The molecule has 0 radical (unpaired) electrons. The highest BCUT2D eigenvalue weighted by atomic mass is 14.2. The fraction of sp³-hybridized carbons (Fsp3) is 0.294. The largest absolute Gasteiger partial charge is 0.0622 e. The average molecular weight is 224 g/mol. The van der Waals surface area contributed by atoms with Crippen molar-refractivity contribution in [3.05, 3.63) is 70.8 Å². The summed E-state index contributed by atoms with van der Waals surface area (Å²) in [5.74, 6) is 0.478. The van der Waals surface area contributed by atoms with E-state index in [9.17, 15) is 0 Å². The molecule has 0 heterocycles. The van der Waals surface area contributed by atoms with Gasteiger partial charge < -0.3 is 0 Å². The van der Waals surface area contributed by atoms with Crippen LogP contribution in [0.25, 0.3) is 0 Å². The molecule has 2 rings (SSSR count). The third-order valence-electron chi connectivity index (χ3n) is 3.57. The lowest BCUT2D eigenvalue weighted by molar-refractivity contribution is 0.887. The van der Waals surface area contributed by atoms with Crippen LogP contribution in [0.4, 0.5) is 0 Å². The lowest BCUT2D eigenvalue weighted by Crippen LogP contribution is -2.02. The summed E-state index contributed by atoms with van der Waals surface area (Å²) in [6.07, 6.45) is 1.11. The zero-order valence-electron chi connectivity index (χ0n) is 10.9. The molecule has 0 nitrogen and oxygen atoms in total. The SMILES string of the molecule is CCc1c(C)cccc1C(C)c1ccccc1. The molecule has 0 fully saturated rings. The van der Waals surface area contributed by atoms with Crippen LogP contribution >= 0.6 is 0 Å². The fourth-order valence-corrected chi connectivity index (χ4v) is 2.53. The van der Waals surface area contributed by atoms with E-state index in [1.54, 1.807) is 0 Å². The van der Waals surface area contributed by atoms with E-state index in [1.165, 1.54) is 22.3 Å². The Morgan fingerprint density at radius 3 is 2.29 bits per heavy atom. The van der Waals surface area contributed by atoms with Crippen molar-refractivity contribution < 1.29 is 0 Å². The number of hydrogen-bond acceptors (Lipinski definition) is 0. The van der Waals surface area contributed by atoms with Gasteiger partial charge in [-0.1, -0.05) is 62.4 Å². The normalized spacial score (nSPS) is 12.4. The molecule has 1 unspecified atom stereocenters. The maximum Gasteiger partial charge on any atom is 0.00638 e. The van der Waals surface area contributed by atoms with Gasteiger partial charge in [0.25, 0.3) is 0 Å². The van der Waals surface area contributed by atoms with Crippen LogP contribution in [0.15, 0.2) is 48.5 Å². The monoisotopic (exact) mass is 224 g/mol. The molecule has 0 aliphatic rings. The van der Waals surface area contributed by atoms with Gasteiger partial charge in [-0.25, -0.2) is 0 Å². The van der Waals surface area contributed by atoms with E-state index >= 15 is 0 Å². The molecule has 1 atom stereocenters. The first kappa shape index (κ1) is 11.9. The van der Waals surface area contributed by atoms with E-state index in [-0.39, 0.29) is 0 Å². The molecule has 17 heavy (non-hydrogen) atoms. The molecule has 88 valence electrons. The molecule has 2 aromatic rings. The molecule has 0 amide bonds. The second kappa shape index (κ2) is 5.18. The Balaban J connectivity index is 2.44. The summed E-state index contributed by atoms with van der Waals surface area (Å²) in [6.45, 7) is 6.74. The highest BCUT2D eigenvalue weighted by molar-refractivity contribution is 5.41. The first-order valence-electron chi connectivity index (χ1n) is 6.37. The minimum Gasteiger partial charge on any atom is -0.0622 e. The third-order valence-corrected chi connectivity index (χ3v) is 3.57. The minimum atomic E-state index is 0.478. The smallest absolute Gasteiger partial charge is 0.00638 e. The Morgan fingerprint density at radius 2 is 1.65 bits per heavy atom. The quantitative estimate of drug-likeness (QED) is 0.708. The summed E-state index contributed by atoms with van der Waals surface area (Å²) in [6, 6.07) is 17.4. The van der Waals surface area contributed by atoms with Crippen LogP contribution in [0.1, 0.15) is 42.0 Å². The van der Waals surface area contributed by atoms with Crippen LogP contribution in [0.3, 0.4) is 0 Å². The van der Waals surface area contributed by atoms with Crippen molar-refractivity contribution in [2.24, 2.45) is 0 Å². The van der Waals surface area contributed by atoms with Gasteiger partial charge in [0.1, 0.15) is 0 Å². The molecule has 0 aliphatic heterocycles. The standard InChI is InChI=1S/C17H20/c1-4-16-13(2)9-8-12-17(16)14(3)15-10-6-5-7-11-15/h5-12,14H,4H2,1-3H3. The predicted octanol–water partition coefficient (Wildman–Crippen LogP) is 4.71. The van der Waals surface area contributed by atoms with Gasteiger partial charge in [-0.15, -0.1) is 0 Å². The Kier molecular flexibility index (Phi) is 3.63. The lowest BCUT2D eigenvalue weighted by atomic mass is 9.87. The van der Waals surface area contributed by atoms with Crippen LogP contribution in [0, 0.1) is 6.92 Å². The topological polar surface area (TPSA) is 0 Å². The zero-order valence-corrected chi connectivity index (χ0v) is 10.9. The van der Waals surface area contributed by atoms with Crippen molar-refractivity contribution in [3.8, 4) is 0 Å². The molecule has 0 saturated heterocycles. The van der Waals surface area contributed by atoms with Crippen LogP contribution in [-0.4, -0.2) is 0 Å². The summed E-state index contributed by atoms with van der Waals surface area (Å²) in [5.41, 5.74) is 5.78. The van der Waals surface area contributed by atoms with Gasteiger partial charge in [0, 0.05) is 5.92 Å². The average Bonchev–Trinajstić information content (AvgIpc) is 2.38. The minimum absolute atomic E-state index is 0.478. The summed E-state index contributed by atoms with van der Waals surface area (Å²) >= 11 is 0. The van der Waals surface area contributed by atoms with Crippen LogP contribution < -0.4 is 0 Å². The first-order valence-corrected chi connectivity index (χ1v) is 6.37. The van der Waals surface area contributed by atoms with E-state index in [4.69, 9.17) is 0 Å². The maximum atomic E-state index is 2.29. The number of rotatable bonds is 3. The first-order chi connectivity index (χ1) is 8.24. The summed E-state index contributed by atoms with van der Waals surface area (Å²) in [5, 5.41) is 0. The molecule has 0 spiro atoms. The second-order valence-electron chi connectivity index (χ2n) is 4.63. The molecule has 0 aromatic heterocycles. The Morgan fingerprint density at radius 1 is 0.941 bits per heavy atom. The molecule has 2 aromatic carbocycles. The van der Waals surface area contributed by atoms with Gasteiger partial charge in [-0.3, -0.25) is 0 Å². The summed E-state index contributed by atoms with van der Waals surface area (Å²) < 4.78 is 0. The van der Waals surface area contributed by atoms with Gasteiger partial charge in [0.05, 0.1) is 0 Å². The predicted molar refractivity (Wildman–Crippen MR) is 74.5 cm³/mol. The van der Waals surface area contributed by atoms with Crippen molar-refractivity contribution in [1.82, 2.24) is 0 Å². The number of hydrogen-bond donors (Lipinski definition) is 0. The fourth-order valence-electron chi connectivity index (χ4n) is 2.53. The molecular formula is C17H20. The van der Waals surface area contributed by atoms with E-state index < -0.39 is 0 Å². The van der Waals surface area contributed by atoms with Crippen LogP contribution in [-0.2, 0) is 6.42 Å². The summed E-state index contributed by atoms with van der Waals surface area (Å²) in [7, 11) is 0. The number of aryl methyl sites for hydroxylation is 1. The lowest BCUT2D eigenvalue weighted by Gasteiger charge is -2.18. The van der Waals surface area contributed by atoms with E-state index in [1.807, 2.05) is 0 Å². The van der Waals surface area contributed by atoms with Gasteiger partial charge >= 0.3 is 0 Å². The Bertz CT molecular complexity index is 483. The van der Waals surface area contributed by atoms with Gasteiger partial charge in [0.2, 0.25) is 0 Å². The van der Waals surface area contributed by atoms with E-state index in [0.29, 0.717) is 5.92 Å². The second-order valence-corrected chi connectivity index (χ2v) is 4.63. The molecule has 0 saturated carbocycles. The van der Waals surface area contributed by atoms with Crippen molar-refractivity contribution in [3.63, 3.8) is 0 Å². The molecule has 0 aliphatic carbocycles. The molecule has 0 N–H and O–H groups in total. The molecular weight excluding hydrogens is 204 g/mol. The van der Waals surface area contributed by atoms with Crippen molar-refractivity contribution >= 4 is 0 Å². The zero-order chi connectivity index (χ0) is 12.3. The Labute approximate surface area is 104 Å². The van der Waals surface area contributed by atoms with Crippen LogP contribution in [0.5, 0.6) is 0 Å². The van der Waals surface area contributed by atoms with E-state index in [0.717, 1.165) is 6.42 Å². The van der Waals surface area contributed by atoms with Gasteiger partial charge in [-0.05, 0) is 35.6 Å². The maximum absolute atomic E-state index is 2.29. The molecule has 0 heteroatoms. The summed E-state index contributed by atoms with van der Waals surface area (Å²) in [4.78, 5) is 0. The van der Waals surface area contributed by atoms with Crippen LogP contribution in [0.2, 0.25) is 0 Å². The highest BCUT2D eigenvalue weighted by Gasteiger charge is 2.12. The number of benzene rings is 2. The van der Waals surface area contributed by atoms with Crippen molar-refractivity contribution in [2.75, 3.05) is 0 Å². The van der Waals surface area contributed by atoms with Gasteiger partial charge in [0.15, 0.2) is 0 Å². The van der Waals surface area contributed by atoms with E-state index in [2.05, 4.69) is 69.3 Å². The third kappa shape index (κ3) is 2.41. The Hall–Kier alpha value is -1.56. The van der Waals surface area contributed by atoms with Gasteiger partial charge in [-0.2, -0.15) is 0 Å².